The van der Waals surface area contributed by atoms with E-state index in [0.29, 0.717) is 24.5 Å². The van der Waals surface area contributed by atoms with Crippen LogP contribution in [0.1, 0.15) is 26.7 Å². The highest BCUT2D eigenvalue weighted by atomic mass is 16.6. The van der Waals surface area contributed by atoms with Crippen LogP contribution in [0, 0.1) is 10.1 Å². The first-order valence-electron chi connectivity index (χ1n) is 6.33. The van der Waals surface area contributed by atoms with E-state index in [1.54, 1.807) is 26.0 Å². The fourth-order valence-electron chi connectivity index (χ4n) is 1.72. The third-order valence-corrected chi connectivity index (χ3v) is 2.67. The minimum absolute atomic E-state index is 0.0129. The monoisotopic (exact) mass is 282 g/mol. The van der Waals surface area contributed by atoms with Crippen LogP contribution in [0.2, 0.25) is 0 Å². The van der Waals surface area contributed by atoms with E-state index in [1.165, 1.54) is 6.07 Å². The molecule has 1 aromatic rings. The number of carboxylic acids is 1. The molecule has 0 aliphatic carbocycles. The van der Waals surface area contributed by atoms with Crippen molar-refractivity contribution in [3.8, 4) is 5.75 Å². The Kier molecular flexibility index (Phi) is 5.76. The van der Waals surface area contributed by atoms with Crippen LogP contribution in [0.4, 0.5) is 11.4 Å². The number of nitrogens with one attached hydrogen (secondary N) is 1. The summed E-state index contributed by atoms with van der Waals surface area (Å²) in [6.45, 7) is 4.01. The van der Waals surface area contributed by atoms with Crippen molar-refractivity contribution >= 4 is 17.3 Å². The average Bonchev–Trinajstić information content (AvgIpc) is 2.38. The molecule has 0 saturated carbocycles. The molecule has 0 saturated heterocycles. The molecule has 1 atom stereocenters. The first kappa shape index (κ1) is 15.7. The van der Waals surface area contributed by atoms with Crippen molar-refractivity contribution in [3.05, 3.63) is 28.3 Å². The summed E-state index contributed by atoms with van der Waals surface area (Å²) in [6.07, 6.45) is 0.401. The quantitative estimate of drug-likeness (QED) is 0.561. The van der Waals surface area contributed by atoms with E-state index in [1.807, 2.05) is 0 Å². The van der Waals surface area contributed by atoms with Crippen molar-refractivity contribution in [2.75, 3.05) is 11.9 Å². The van der Waals surface area contributed by atoms with Gasteiger partial charge in [-0.2, -0.15) is 0 Å². The van der Waals surface area contributed by atoms with Crippen LogP contribution in [0.25, 0.3) is 0 Å². The van der Waals surface area contributed by atoms with Gasteiger partial charge in [-0.15, -0.1) is 0 Å². The molecule has 2 N–H and O–H groups in total. The first-order valence-corrected chi connectivity index (χ1v) is 6.33. The molecule has 0 aliphatic rings. The highest BCUT2D eigenvalue weighted by Gasteiger charge is 2.17. The minimum atomic E-state index is -0.889. The topological polar surface area (TPSA) is 102 Å². The number of nitro groups is 1. The van der Waals surface area contributed by atoms with E-state index in [4.69, 9.17) is 9.84 Å². The van der Waals surface area contributed by atoms with Gasteiger partial charge in [-0.05, 0) is 32.4 Å². The first-order chi connectivity index (χ1) is 9.43. The van der Waals surface area contributed by atoms with Crippen molar-refractivity contribution in [1.29, 1.82) is 0 Å². The summed E-state index contributed by atoms with van der Waals surface area (Å²) in [4.78, 5) is 21.0. The highest BCUT2D eigenvalue weighted by Crippen LogP contribution is 2.29. The summed E-state index contributed by atoms with van der Waals surface area (Å²) in [7, 11) is 0. The number of rotatable bonds is 8. The Labute approximate surface area is 116 Å². The van der Waals surface area contributed by atoms with Crippen LogP contribution in [0.15, 0.2) is 18.2 Å². The molecule has 1 rings (SSSR count). The molecule has 20 heavy (non-hydrogen) atoms. The smallest absolute Gasteiger partial charge is 0.303 e. The second-order valence-electron chi connectivity index (χ2n) is 4.35. The van der Waals surface area contributed by atoms with E-state index in [-0.39, 0.29) is 18.2 Å². The van der Waals surface area contributed by atoms with E-state index in [0.717, 1.165) is 0 Å². The molecular formula is C13H18N2O5. The summed E-state index contributed by atoms with van der Waals surface area (Å²) in [5, 5.41) is 22.6. The van der Waals surface area contributed by atoms with Crippen molar-refractivity contribution in [2.24, 2.45) is 0 Å². The number of hydrogen-bond acceptors (Lipinski definition) is 5. The molecule has 7 heteroatoms. The van der Waals surface area contributed by atoms with Gasteiger partial charge in [-0.1, -0.05) is 0 Å². The van der Waals surface area contributed by atoms with Gasteiger partial charge in [0.1, 0.15) is 11.4 Å². The van der Waals surface area contributed by atoms with Gasteiger partial charge in [0.15, 0.2) is 0 Å². The zero-order chi connectivity index (χ0) is 15.1. The predicted octanol–water partition coefficient (Wildman–Crippen LogP) is 2.66. The van der Waals surface area contributed by atoms with E-state index in [2.05, 4.69) is 5.32 Å². The molecule has 110 valence electrons. The lowest BCUT2D eigenvalue weighted by Gasteiger charge is -2.15. The molecule has 0 aliphatic heterocycles. The SMILES string of the molecule is CCOc1ccc(NC(C)CCC(=O)O)c([N+](=O)[O-])c1. The lowest BCUT2D eigenvalue weighted by Crippen LogP contribution is -2.17. The largest absolute Gasteiger partial charge is 0.494 e. The molecule has 0 bridgehead atoms. The molecule has 1 aromatic carbocycles. The highest BCUT2D eigenvalue weighted by molar-refractivity contribution is 5.67. The molecule has 0 amide bonds. The predicted molar refractivity (Wildman–Crippen MR) is 74.2 cm³/mol. The van der Waals surface area contributed by atoms with Crippen molar-refractivity contribution in [2.45, 2.75) is 32.7 Å². The Bertz CT molecular complexity index is 490. The van der Waals surface area contributed by atoms with Gasteiger partial charge in [-0.25, -0.2) is 0 Å². The summed E-state index contributed by atoms with van der Waals surface area (Å²) < 4.78 is 5.23. The van der Waals surface area contributed by atoms with Crippen LogP contribution >= 0.6 is 0 Å². The maximum absolute atomic E-state index is 11.0. The summed E-state index contributed by atoms with van der Waals surface area (Å²) in [5.41, 5.74) is 0.273. The number of nitrogens with zero attached hydrogens (tertiary/aromatic N) is 1. The number of nitro benzene ring substituents is 1. The van der Waals surface area contributed by atoms with Crippen LogP contribution in [-0.4, -0.2) is 28.6 Å². The zero-order valence-electron chi connectivity index (χ0n) is 11.5. The average molecular weight is 282 g/mol. The number of ether oxygens (including phenoxy) is 1. The van der Waals surface area contributed by atoms with Gasteiger partial charge in [0, 0.05) is 12.5 Å². The standard InChI is InChI=1S/C13H18N2O5/c1-3-20-10-5-6-11(12(8-10)15(18)19)14-9(2)4-7-13(16)17/h5-6,8-9,14H,3-4,7H2,1-2H3,(H,16,17). The Morgan fingerprint density at radius 2 is 2.25 bits per heavy atom. The maximum atomic E-state index is 11.0. The molecule has 0 heterocycles. The molecule has 0 radical (unpaired) electrons. The van der Waals surface area contributed by atoms with Gasteiger partial charge < -0.3 is 15.2 Å². The molecule has 0 spiro atoms. The number of carbonyl (C=O) groups is 1. The second kappa shape index (κ2) is 7.32. The summed E-state index contributed by atoms with van der Waals surface area (Å²) in [6, 6.07) is 4.39. The van der Waals surface area contributed by atoms with Gasteiger partial charge in [-0.3, -0.25) is 14.9 Å². The molecule has 0 fully saturated rings. The number of carboxylic acid groups (broad SMARTS) is 1. The minimum Gasteiger partial charge on any atom is -0.494 e. The normalized spacial score (nSPS) is 11.7. The number of aliphatic carboxylic acids is 1. The van der Waals surface area contributed by atoms with Crippen LogP contribution in [-0.2, 0) is 4.79 Å². The third kappa shape index (κ3) is 4.75. The Hall–Kier alpha value is -2.31. The van der Waals surface area contributed by atoms with Gasteiger partial charge >= 0.3 is 5.97 Å². The number of hydrogen-bond donors (Lipinski definition) is 2. The molecule has 1 unspecified atom stereocenters. The Morgan fingerprint density at radius 1 is 1.55 bits per heavy atom. The van der Waals surface area contributed by atoms with Crippen molar-refractivity contribution in [3.63, 3.8) is 0 Å². The Balaban J connectivity index is 2.82. The number of benzene rings is 1. The lowest BCUT2D eigenvalue weighted by atomic mass is 10.1. The number of anilines is 1. The second-order valence-corrected chi connectivity index (χ2v) is 4.35. The zero-order valence-corrected chi connectivity index (χ0v) is 11.5. The third-order valence-electron chi connectivity index (χ3n) is 2.67. The van der Waals surface area contributed by atoms with Gasteiger partial charge in [0.05, 0.1) is 17.6 Å². The van der Waals surface area contributed by atoms with Gasteiger partial charge in [0.25, 0.3) is 5.69 Å². The van der Waals surface area contributed by atoms with E-state index < -0.39 is 10.9 Å². The fourth-order valence-corrected chi connectivity index (χ4v) is 1.72. The molecule has 7 nitrogen and oxygen atoms in total. The summed E-state index contributed by atoms with van der Waals surface area (Å²) in [5.74, 6) is -0.456. The van der Waals surface area contributed by atoms with Crippen molar-refractivity contribution < 1.29 is 19.6 Å². The van der Waals surface area contributed by atoms with Gasteiger partial charge in [0.2, 0.25) is 0 Å². The van der Waals surface area contributed by atoms with Crippen LogP contribution in [0.5, 0.6) is 5.75 Å². The fraction of sp³-hybridized carbons (Fsp3) is 0.462. The maximum Gasteiger partial charge on any atom is 0.303 e. The lowest BCUT2D eigenvalue weighted by molar-refractivity contribution is -0.384. The molecular weight excluding hydrogens is 264 g/mol. The van der Waals surface area contributed by atoms with Crippen LogP contribution in [0.3, 0.4) is 0 Å². The summed E-state index contributed by atoms with van der Waals surface area (Å²) >= 11 is 0. The molecule has 0 aromatic heterocycles. The van der Waals surface area contributed by atoms with Crippen LogP contribution < -0.4 is 10.1 Å². The van der Waals surface area contributed by atoms with Crippen molar-refractivity contribution in [1.82, 2.24) is 0 Å². The Morgan fingerprint density at radius 3 is 2.80 bits per heavy atom. The van der Waals surface area contributed by atoms with E-state index in [9.17, 15) is 14.9 Å². The van der Waals surface area contributed by atoms with E-state index >= 15 is 0 Å².